The van der Waals surface area contributed by atoms with Crippen LogP contribution in [0.2, 0.25) is 0 Å². The Bertz CT molecular complexity index is 1120. The zero-order chi connectivity index (χ0) is 18.3. The number of fused-ring (bicyclic) bond motifs is 2. The second-order valence-corrected chi connectivity index (χ2v) is 6.86. The highest BCUT2D eigenvalue weighted by Crippen LogP contribution is 2.18. The van der Waals surface area contributed by atoms with Crippen molar-refractivity contribution in [3.05, 3.63) is 51.9 Å². The van der Waals surface area contributed by atoms with Gasteiger partial charge in [0.1, 0.15) is 16.8 Å². The molecule has 1 amide bonds. The Hall–Kier alpha value is -2.96. The van der Waals surface area contributed by atoms with Crippen LogP contribution in [-0.4, -0.2) is 25.9 Å². The summed E-state index contributed by atoms with van der Waals surface area (Å²) in [5.74, 6) is -0.294. The van der Waals surface area contributed by atoms with Crippen LogP contribution >= 0.6 is 0 Å². The molecule has 0 bridgehead atoms. The van der Waals surface area contributed by atoms with Gasteiger partial charge in [0.05, 0.1) is 10.9 Å². The van der Waals surface area contributed by atoms with Gasteiger partial charge in [-0.1, -0.05) is 25.3 Å². The maximum absolute atomic E-state index is 12.8. The molecular weight excluding hydrogens is 330 g/mol. The highest BCUT2D eigenvalue weighted by atomic mass is 16.2. The molecule has 4 rings (SSSR count). The smallest absolute Gasteiger partial charge is 0.267 e. The molecule has 3 aromatic rings. The summed E-state index contributed by atoms with van der Waals surface area (Å²) in [6.07, 6.45) is 7.02. The molecule has 7 heteroatoms. The van der Waals surface area contributed by atoms with Crippen molar-refractivity contribution < 1.29 is 4.79 Å². The number of nitrogens with zero attached hydrogens (tertiary/aromatic N) is 3. The van der Waals surface area contributed by atoms with Gasteiger partial charge in [0.2, 0.25) is 0 Å². The van der Waals surface area contributed by atoms with E-state index in [1.54, 1.807) is 31.4 Å². The zero-order valence-electron chi connectivity index (χ0n) is 14.7. The molecule has 1 aliphatic carbocycles. The summed E-state index contributed by atoms with van der Waals surface area (Å²) >= 11 is 0. The van der Waals surface area contributed by atoms with Crippen LogP contribution in [0.4, 0.5) is 0 Å². The molecule has 3 aromatic heterocycles. The molecular formula is C19H21N5O2. The summed E-state index contributed by atoms with van der Waals surface area (Å²) in [5, 5.41) is 11.7. The largest absolute Gasteiger partial charge is 0.349 e. The van der Waals surface area contributed by atoms with Gasteiger partial charge in [0, 0.05) is 19.3 Å². The molecule has 0 aliphatic heterocycles. The monoisotopic (exact) mass is 351 g/mol. The molecule has 1 aliphatic rings. The third-order valence-electron chi connectivity index (χ3n) is 5.13. The molecule has 3 heterocycles. The van der Waals surface area contributed by atoms with E-state index in [0.717, 1.165) is 25.7 Å². The lowest BCUT2D eigenvalue weighted by molar-refractivity contribution is 0.0925. The lowest BCUT2D eigenvalue weighted by atomic mass is 9.95. The minimum atomic E-state index is -0.294. The minimum absolute atomic E-state index is 0.0537. The van der Waals surface area contributed by atoms with Crippen molar-refractivity contribution in [1.29, 1.82) is 5.41 Å². The Morgan fingerprint density at radius 2 is 2.04 bits per heavy atom. The van der Waals surface area contributed by atoms with E-state index in [1.807, 2.05) is 0 Å². The van der Waals surface area contributed by atoms with Crippen LogP contribution in [0.5, 0.6) is 0 Å². The fraction of sp³-hybridized carbons (Fsp3) is 0.368. The van der Waals surface area contributed by atoms with Crippen molar-refractivity contribution in [2.75, 3.05) is 0 Å². The number of hydrogen-bond donors (Lipinski definition) is 2. The number of aromatic nitrogens is 3. The van der Waals surface area contributed by atoms with Crippen LogP contribution < -0.4 is 16.4 Å². The number of amides is 1. The summed E-state index contributed by atoms with van der Waals surface area (Å²) in [4.78, 5) is 30.1. The number of aryl methyl sites for hydroxylation is 1. The van der Waals surface area contributed by atoms with Gasteiger partial charge in [-0.05, 0) is 31.0 Å². The summed E-state index contributed by atoms with van der Waals surface area (Å²) in [6, 6.07) is 6.96. The van der Waals surface area contributed by atoms with Gasteiger partial charge in [0.25, 0.3) is 11.5 Å². The average Bonchev–Trinajstić information content (AvgIpc) is 2.66. The molecule has 1 saturated carbocycles. The van der Waals surface area contributed by atoms with Gasteiger partial charge in [0.15, 0.2) is 0 Å². The second-order valence-electron chi connectivity index (χ2n) is 6.86. The predicted octanol–water partition coefficient (Wildman–Crippen LogP) is 1.73. The fourth-order valence-corrected chi connectivity index (χ4v) is 3.66. The number of rotatable bonds is 2. The summed E-state index contributed by atoms with van der Waals surface area (Å²) < 4.78 is 2.95. The lowest BCUT2D eigenvalue weighted by Crippen LogP contribution is -2.40. The molecule has 0 atom stereocenters. The van der Waals surface area contributed by atoms with E-state index in [0.29, 0.717) is 16.7 Å². The SMILES string of the molecule is Cn1c(=N)c(C(=O)NC2CCCCC2)cc2c(=O)n3ccccc3nc21. The summed E-state index contributed by atoms with van der Waals surface area (Å²) in [7, 11) is 1.66. The first-order chi connectivity index (χ1) is 12.6. The van der Waals surface area contributed by atoms with Crippen LogP contribution in [0.3, 0.4) is 0 Å². The van der Waals surface area contributed by atoms with Crippen molar-refractivity contribution >= 4 is 22.6 Å². The molecule has 0 spiro atoms. The predicted molar refractivity (Wildman–Crippen MR) is 98.1 cm³/mol. The highest BCUT2D eigenvalue weighted by Gasteiger charge is 2.20. The minimum Gasteiger partial charge on any atom is -0.349 e. The first-order valence-electron chi connectivity index (χ1n) is 8.93. The Morgan fingerprint density at radius 3 is 2.81 bits per heavy atom. The molecule has 7 nitrogen and oxygen atoms in total. The molecule has 0 saturated heterocycles. The lowest BCUT2D eigenvalue weighted by Gasteiger charge is -2.23. The third kappa shape index (κ3) is 2.69. The van der Waals surface area contributed by atoms with Crippen molar-refractivity contribution in [2.45, 2.75) is 38.1 Å². The second kappa shape index (κ2) is 6.40. The van der Waals surface area contributed by atoms with Gasteiger partial charge in [-0.3, -0.25) is 19.4 Å². The molecule has 26 heavy (non-hydrogen) atoms. The van der Waals surface area contributed by atoms with E-state index in [-0.39, 0.29) is 28.6 Å². The average molecular weight is 351 g/mol. The van der Waals surface area contributed by atoms with Crippen molar-refractivity contribution in [2.24, 2.45) is 7.05 Å². The van der Waals surface area contributed by atoms with Gasteiger partial charge in [-0.15, -0.1) is 0 Å². The Morgan fingerprint density at radius 1 is 1.27 bits per heavy atom. The fourth-order valence-electron chi connectivity index (χ4n) is 3.66. The van der Waals surface area contributed by atoms with Crippen LogP contribution in [-0.2, 0) is 7.05 Å². The normalized spacial score (nSPS) is 15.4. The van der Waals surface area contributed by atoms with Gasteiger partial charge in [-0.2, -0.15) is 0 Å². The Balaban J connectivity index is 1.85. The molecule has 0 aromatic carbocycles. The third-order valence-corrected chi connectivity index (χ3v) is 5.13. The van der Waals surface area contributed by atoms with Crippen molar-refractivity contribution in [1.82, 2.24) is 19.3 Å². The van der Waals surface area contributed by atoms with Gasteiger partial charge >= 0.3 is 0 Å². The van der Waals surface area contributed by atoms with Crippen LogP contribution in [0, 0.1) is 5.41 Å². The summed E-state index contributed by atoms with van der Waals surface area (Å²) in [5.41, 5.74) is 0.936. The molecule has 0 unspecified atom stereocenters. The van der Waals surface area contributed by atoms with E-state index in [9.17, 15) is 9.59 Å². The van der Waals surface area contributed by atoms with Gasteiger partial charge in [-0.25, -0.2) is 4.98 Å². The van der Waals surface area contributed by atoms with Crippen LogP contribution in [0.25, 0.3) is 16.7 Å². The number of nitrogens with one attached hydrogen (secondary N) is 2. The van der Waals surface area contributed by atoms with Crippen molar-refractivity contribution in [3.8, 4) is 0 Å². The number of carbonyl (C=O) groups excluding carboxylic acids is 1. The molecule has 134 valence electrons. The van der Waals surface area contributed by atoms with E-state index < -0.39 is 0 Å². The van der Waals surface area contributed by atoms with E-state index in [4.69, 9.17) is 5.41 Å². The maximum atomic E-state index is 12.8. The maximum Gasteiger partial charge on any atom is 0.267 e. The number of hydrogen-bond acceptors (Lipinski definition) is 4. The van der Waals surface area contributed by atoms with Crippen LogP contribution in [0.1, 0.15) is 42.5 Å². The quantitative estimate of drug-likeness (QED) is 0.689. The molecule has 1 fully saturated rings. The summed E-state index contributed by atoms with van der Waals surface area (Å²) in [6.45, 7) is 0. The topological polar surface area (TPSA) is 92.2 Å². The standard InChI is InChI=1S/C19H21N5O2/c1-23-16(20)13(18(25)21-12-7-3-2-4-8-12)11-14-17(23)22-15-9-5-6-10-24(15)19(14)26/h5-6,9-12,20H,2-4,7-8H2,1H3,(H,21,25). The molecule has 2 N–H and O–H groups in total. The number of pyridine rings is 2. The first kappa shape index (κ1) is 16.5. The Kier molecular flexibility index (Phi) is 4.06. The highest BCUT2D eigenvalue weighted by molar-refractivity contribution is 5.97. The Labute approximate surface area is 149 Å². The first-order valence-corrected chi connectivity index (χ1v) is 8.93. The van der Waals surface area contributed by atoms with E-state index in [2.05, 4.69) is 10.3 Å². The number of carbonyl (C=O) groups is 1. The van der Waals surface area contributed by atoms with E-state index >= 15 is 0 Å². The zero-order valence-corrected chi connectivity index (χ0v) is 14.7. The van der Waals surface area contributed by atoms with Crippen molar-refractivity contribution in [3.63, 3.8) is 0 Å². The van der Waals surface area contributed by atoms with Gasteiger partial charge < -0.3 is 9.88 Å². The van der Waals surface area contributed by atoms with E-state index in [1.165, 1.54) is 21.5 Å². The van der Waals surface area contributed by atoms with Crippen LogP contribution in [0.15, 0.2) is 35.3 Å². The molecule has 0 radical (unpaired) electrons.